The minimum Gasteiger partial charge on any atom is -0.487 e. The Bertz CT molecular complexity index is 874. The van der Waals surface area contributed by atoms with E-state index in [0.717, 1.165) is 49.2 Å². The first-order valence-electron chi connectivity index (χ1n) is 10.5. The van der Waals surface area contributed by atoms with Gasteiger partial charge in [0.05, 0.1) is 0 Å². The van der Waals surface area contributed by atoms with E-state index < -0.39 is 0 Å². The van der Waals surface area contributed by atoms with Crippen molar-refractivity contribution < 1.29 is 13.9 Å². The molecule has 1 atom stereocenters. The second kappa shape index (κ2) is 8.11. The van der Waals surface area contributed by atoms with E-state index in [1.165, 1.54) is 6.07 Å². The Morgan fingerprint density at radius 2 is 2.00 bits per heavy atom. The quantitative estimate of drug-likeness (QED) is 0.854. The third-order valence-corrected chi connectivity index (χ3v) is 6.22. The largest absolute Gasteiger partial charge is 0.487 e. The number of rotatable bonds is 4. The van der Waals surface area contributed by atoms with Crippen LogP contribution in [0.25, 0.3) is 0 Å². The number of hydrogen-bond acceptors (Lipinski definition) is 4. The Balaban J connectivity index is 1.67. The van der Waals surface area contributed by atoms with Gasteiger partial charge in [-0.2, -0.15) is 0 Å². The molecule has 0 bridgehead atoms. The van der Waals surface area contributed by atoms with Gasteiger partial charge >= 0.3 is 0 Å². The van der Waals surface area contributed by atoms with E-state index in [0.29, 0.717) is 18.8 Å². The Hall–Kier alpha value is -2.47. The van der Waals surface area contributed by atoms with Crippen LogP contribution in [0.4, 0.5) is 4.39 Å². The third-order valence-electron chi connectivity index (χ3n) is 6.22. The fourth-order valence-electron chi connectivity index (χ4n) is 4.54. The van der Waals surface area contributed by atoms with Crippen molar-refractivity contribution in [2.24, 2.45) is 0 Å². The molecule has 1 saturated heterocycles. The SMILES string of the molecule is CCN(CC)C(=O)c1ccc(C2CC3(CCNCC3)Oc3ccc(F)cc32)cn1. The number of nitrogens with one attached hydrogen (secondary N) is 1. The predicted molar refractivity (Wildman–Crippen MR) is 110 cm³/mol. The molecule has 1 amide bonds. The lowest BCUT2D eigenvalue weighted by Gasteiger charge is -2.44. The van der Waals surface area contributed by atoms with Gasteiger partial charge in [0.1, 0.15) is 22.9 Å². The fourth-order valence-corrected chi connectivity index (χ4v) is 4.54. The topological polar surface area (TPSA) is 54.5 Å². The van der Waals surface area contributed by atoms with E-state index in [-0.39, 0.29) is 23.2 Å². The first kappa shape index (κ1) is 19.8. The van der Waals surface area contributed by atoms with E-state index in [1.807, 2.05) is 19.9 Å². The predicted octanol–water partition coefficient (Wildman–Crippen LogP) is 3.74. The lowest BCUT2D eigenvalue weighted by atomic mass is 9.75. The van der Waals surface area contributed by atoms with E-state index in [1.54, 1.807) is 29.3 Å². The standard InChI is InChI=1S/C23H28FN3O2/c1-3-27(4-2)22(28)20-7-5-16(15-26-20)19-14-23(9-11-25-12-10-23)29-21-8-6-17(24)13-18(19)21/h5-8,13,15,19,25H,3-4,9-12,14H2,1-2H3. The first-order chi connectivity index (χ1) is 14.0. The number of fused-ring (bicyclic) bond motifs is 1. The zero-order chi connectivity index (χ0) is 20.4. The molecule has 0 radical (unpaired) electrons. The molecular weight excluding hydrogens is 369 g/mol. The molecule has 0 saturated carbocycles. The number of halogens is 1. The molecule has 2 aromatic rings. The molecule has 1 aromatic carbocycles. The van der Waals surface area contributed by atoms with E-state index in [4.69, 9.17) is 4.74 Å². The zero-order valence-electron chi connectivity index (χ0n) is 17.1. The van der Waals surface area contributed by atoms with Crippen molar-refractivity contribution in [3.05, 3.63) is 59.2 Å². The van der Waals surface area contributed by atoms with Gasteiger partial charge in [0, 0.05) is 30.8 Å². The van der Waals surface area contributed by atoms with Gasteiger partial charge < -0.3 is 15.0 Å². The van der Waals surface area contributed by atoms with E-state index in [9.17, 15) is 9.18 Å². The van der Waals surface area contributed by atoms with Gasteiger partial charge in [-0.1, -0.05) is 6.07 Å². The van der Waals surface area contributed by atoms with Crippen molar-refractivity contribution >= 4 is 5.91 Å². The number of hydrogen-bond donors (Lipinski definition) is 1. The molecule has 6 heteroatoms. The van der Waals surface area contributed by atoms with Crippen LogP contribution >= 0.6 is 0 Å². The van der Waals surface area contributed by atoms with Gasteiger partial charge in [-0.3, -0.25) is 9.78 Å². The number of carbonyl (C=O) groups is 1. The Morgan fingerprint density at radius 1 is 1.24 bits per heavy atom. The van der Waals surface area contributed by atoms with Crippen molar-refractivity contribution in [2.75, 3.05) is 26.2 Å². The molecule has 2 aliphatic rings. The summed E-state index contributed by atoms with van der Waals surface area (Å²) in [6.45, 7) is 7.06. The number of piperidine rings is 1. The van der Waals surface area contributed by atoms with E-state index in [2.05, 4.69) is 10.3 Å². The van der Waals surface area contributed by atoms with Crippen molar-refractivity contribution in [2.45, 2.75) is 44.6 Å². The van der Waals surface area contributed by atoms with Crippen LogP contribution in [-0.4, -0.2) is 47.6 Å². The second-order valence-electron chi connectivity index (χ2n) is 7.93. The van der Waals surface area contributed by atoms with Gasteiger partial charge in [-0.25, -0.2) is 4.39 Å². The van der Waals surface area contributed by atoms with Crippen molar-refractivity contribution in [3.63, 3.8) is 0 Å². The van der Waals surface area contributed by atoms with Crippen LogP contribution in [0.1, 0.15) is 60.6 Å². The number of benzene rings is 1. The second-order valence-corrected chi connectivity index (χ2v) is 7.93. The van der Waals surface area contributed by atoms with Crippen LogP contribution in [0.15, 0.2) is 36.5 Å². The number of nitrogens with zero attached hydrogens (tertiary/aromatic N) is 2. The summed E-state index contributed by atoms with van der Waals surface area (Å²) in [5.41, 5.74) is 2.06. The van der Waals surface area contributed by atoms with Crippen LogP contribution in [-0.2, 0) is 0 Å². The maximum absolute atomic E-state index is 14.0. The highest BCUT2D eigenvalue weighted by Crippen LogP contribution is 2.47. The van der Waals surface area contributed by atoms with Gasteiger partial charge in [-0.15, -0.1) is 0 Å². The Labute approximate surface area is 171 Å². The minimum atomic E-state index is -0.264. The molecule has 29 heavy (non-hydrogen) atoms. The number of amides is 1. The first-order valence-corrected chi connectivity index (χ1v) is 10.5. The number of carbonyl (C=O) groups excluding carboxylic acids is 1. The molecule has 1 aromatic heterocycles. The van der Waals surface area contributed by atoms with Gasteiger partial charge in [0.2, 0.25) is 0 Å². The molecule has 5 nitrogen and oxygen atoms in total. The molecule has 154 valence electrons. The lowest BCUT2D eigenvalue weighted by molar-refractivity contribution is 0.0112. The molecule has 1 unspecified atom stereocenters. The van der Waals surface area contributed by atoms with Crippen LogP contribution in [0.5, 0.6) is 5.75 Å². The third kappa shape index (κ3) is 3.86. The maximum Gasteiger partial charge on any atom is 0.272 e. The summed E-state index contributed by atoms with van der Waals surface area (Å²) in [4.78, 5) is 18.8. The summed E-state index contributed by atoms with van der Waals surface area (Å²) in [5.74, 6) is 0.431. The summed E-state index contributed by atoms with van der Waals surface area (Å²) in [5, 5.41) is 3.39. The lowest BCUT2D eigenvalue weighted by Crippen LogP contribution is -2.49. The summed E-state index contributed by atoms with van der Waals surface area (Å²) >= 11 is 0. The van der Waals surface area contributed by atoms with Crippen LogP contribution in [0.3, 0.4) is 0 Å². The molecule has 4 rings (SSSR count). The Morgan fingerprint density at radius 3 is 2.66 bits per heavy atom. The Kier molecular flexibility index (Phi) is 5.54. The monoisotopic (exact) mass is 397 g/mol. The average Bonchev–Trinajstić information content (AvgIpc) is 2.75. The highest BCUT2D eigenvalue weighted by Gasteiger charge is 2.42. The molecular formula is C23H28FN3O2. The van der Waals surface area contributed by atoms with Crippen molar-refractivity contribution in [1.29, 1.82) is 0 Å². The molecule has 3 heterocycles. The number of pyridine rings is 1. The minimum absolute atomic E-state index is 0.00217. The summed E-state index contributed by atoms with van der Waals surface area (Å²) < 4.78 is 20.4. The highest BCUT2D eigenvalue weighted by atomic mass is 19.1. The molecule has 1 spiro atoms. The van der Waals surface area contributed by atoms with Crippen molar-refractivity contribution in [1.82, 2.24) is 15.2 Å². The summed E-state index contributed by atoms with van der Waals surface area (Å²) in [6, 6.07) is 8.53. The zero-order valence-corrected chi connectivity index (χ0v) is 17.1. The normalized spacial score (nSPS) is 20.0. The van der Waals surface area contributed by atoms with Gasteiger partial charge in [-0.05, 0) is 76.0 Å². The summed E-state index contributed by atoms with van der Waals surface area (Å²) in [6.07, 6.45) is 4.41. The smallest absolute Gasteiger partial charge is 0.272 e. The van der Waals surface area contributed by atoms with Gasteiger partial charge in [0.15, 0.2) is 0 Å². The maximum atomic E-state index is 14.0. The van der Waals surface area contributed by atoms with Crippen LogP contribution < -0.4 is 10.1 Å². The van der Waals surface area contributed by atoms with Gasteiger partial charge in [0.25, 0.3) is 5.91 Å². The number of aromatic nitrogens is 1. The average molecular weight is 397 g/mol. The summed E-state index contributed by atoms with van der Waals surface area (Å²) in [7, 11) is 0. The number of ether oxygens (including phenoxy) is 1. The highest BCUT2D eigenvalue weighted by molar-refractivity contribution is 5.92. The van der Waals surface area contributed by atoms with Crippen LogP contribution in [0, 0.1) is 5.82 Å². The molecule has 1 fully saturated rings. The van der Waals surface area contributed by atoms with Crippen LogP contribution in [0.2, 0.25) is 0 Å². The molecule has 1 N–H and O–H groups in total. The molecule has 2 aliphatic heterocycles. The fraction of sp³-hybridized carbons (Fsp3) is 0.478. The van der Waals surface area contributed by atoms with Crippen molar-refractivity contribution in [3.8, 4) is 5.75 Å². The van der Waals surface area contributed by atoms with E-state index >= 15 is 0 Å². The molecule has 0 aliphatic carbocycles.